The second-order valence-electron chi connectivity index (χ2n) is 7.96. The first-order valence-electron chi connectivity index (χ1n) is 10.6. The standard InChI is InChI=1S/C24H26N4O3S/c1-5-19(22(29)25-15-10-12-16(31-4)13-11-15)32-24-26-18-9-7-6-8-17(18)21-27-20(14(2)3)23(30)28(21)24/h6-14,19-20H,5H2,1-4H3,(H,25,29)/t19-,20+/m1/s1. The SMILES string of the molecule is CC[C@@H](SC1=Nc2ccccc2C2=N[C@@H](C(C)C)C(=O)N12)C(=O)Nc1ccc(OC)cc1. The van der Waals surface area contributed by atoms with Crippen molar-refractivity contribution in [3.8, 4) is 5.75 Å². The number of hydrogen-bond donors (Lipinski definition) is 1. The maximum Gasteiger partial charge on any atom is 0.259 e. The van der Waals surface area contributed by atoms with Gasteiger partial charge in [0.25, 0.3) is 5.91 Å². The molecule has 0 aliphatic carbocycles. The van der Waals surface area contributed by atoms with E-state index in [0.717, 1.165) is 17.0 Å². The van der Waals surface area contributed by atoms with Crippen molar-refractivity contribution in [2.75, 3.05) is 12.4 Å². The molecule has 7 nitrogen and oxygen atoms in total. The van der Waals surface area contributed by atoms with E-state index in [9.17, 15) is 9.59 Å². The van der Waals surface area contributed by atoms with Gasteiger partial charge in [-0.05, 0) is 48.7 Å². The fraction of sp³-hybridized carbons (Fsp3) is 0.333. The number of hydrogen-bond acceptors (Lipinski definition) is 6. The summed E-state index contributed by atoms with van der Waals surface area (Å²) in [5.41, 5.74) is 2.28. The Morgan fingerprint density at radius 2 is 1.91 bits per heavy atom. The quantitative estimate of drug-likeness (QED) is 0.704. The highest BCUT2D eigenvalue weighted by Crippen LogP contribution is 2.36. The molecular formula is C24H26N4O3S. The molecule has 2 atom stereocenters. The van der Waals surface area contributed by atoms with Crippen molar-refractivity contribution >= 4 is 46.0 Å². The number of methoxy groups -OCH3 is 1. The number of nitrogens with zero attached hydrogens (tertiary/aromatic N) is 3. The molecule has 2 amide bonds. The Balaban J connectivity index is 1.60. The Hall–Kier alpha value is -3.13. The van der Waals surface area contributed by atoms with Crippen molar-refractivity contribution in [1.29, 1.82) is 0 Å². The third-order valence-corrected chi connectivity index (χ3v) is 6.72. The number of rotatable bonds is 6. The van der Waals surface area contributed by atoms with Gasteiger partial charge in [-0.25, -0.2) is 9.89 Å². The molecule has 166 valence electrons. The first kappa shape index (κ1) is 22.1. The summed E-state index contributed by atoms with van der Waals surface area (Å²) in [6.45, 7) is 5.91. The lowest BCUT2D eigenvalue weighted by atomic mass is 10.1. The number of nitrogens with one attached hydrogen (secondary N) is 1. The molecule has 0 saturated heterocycles. The lowest BCUT2D eigenvalue weighted by Gasteiger charge is -2.27. The Morgan fingerprint density at radius 1 is 1.19 bits per heavy atom. The molecule has 2 aromatic rings. The second-order valence-corrected chi connectivity index (χ2v) is 9.13. The van der Waals surface area contributed by atoms with Gasteiger partial charge in [0, 0.05) is 11.3 Å². The van der Waals surface area contributed by atoms with Gasteiger partial charge < -0.3 is 10.1 Å². The molecule has 0 unspecified atom stereocenters. The van der Waals surface area contributed by atoms with Crippen LogP contribution in [0.15, 0.2) is 58.5 Å². The van der Waals surface area contributed by atoms with Crippen molar-refractivity contribution in [2.24, 2.45) is 15.9 Å². The smallest absolute Gasteiger partial charge is 0.259 e. The third-order valence-electron chi connectivity index (χ3n) is 5.40. The molecule has 2 aliphatic rings. The minimum absolute atomic E-state index is 0.0688. The van der Waals surface area contributed by atoms with E-state index in [1.807, 2.05) is 45.0 Å². The van der Waals surface area contributed by atoms with E-state index < -0.39 is 11.3 Å². The summed E-state index contributed by atoms with van der Waals surface area (Å²) < 4.78 is 5.17. The molecule has 0 saturated carbocycles. The van der Waals surface area contributed by atoms with Gasteiger partial charge in [-0.3, -0.25) is 14.6 Å². The number of para-hydroxylation sites is 1. The van der Waals surface area contributed by atoms with Crippen LogP contribution >= 0.6 is 11.8 Å². The minimum Gasteiger partial charge on any atom is -0.497 e. The molecule has 4 rings (SSSR count). The zero-order valence-corrected chi connectivity index (χ0v) is 19.3. The summed E-state index contributed by atoms with van der Waals surface area (Å²) in [4.78, 5) is 37.3. The number of thioether (sulfide) groups is 1. The average molecular weight is 451 g/mol. The molecule has 0 bridgehead atoms. The highest BCUT2D eigenvalue weighted by atomic mass is 32.2. The summed E-state index contributed by atoms with van der Waals surface area (Å²) >= 11 is 1.30. The van der Waals surface area contributed by atoms with E-state index >= 15 is 0 Å². The Labute approximate surface area is 192 Å². The van der Waals surface area contributed by atoms with E-state index in [1.54, 1.807) is 36.3 Å². The zero-order chi connectivity index (χ0) is 22.8. The lowest BCUT2D eigenvalue weighted by Crippen LogP contribution is -2.43. The van der Waals surface area contributed by atoms with Gasteiger partial charge in [-0.15, -0.1) is 0 Å². The number of carbonyl (C=O) groups excluding carboxylic acids is 2. The molecule has 32 heavy (non-hydrogen) atoms. The highest BCUT2D eigenvalue weighted by Gasteiger charge is 2.43. The monoisotopic (exact) mass is 450 g/mol. The van der Waals surface area contributed by atoms with Crippen LogP contribution in [0, 0.1) is 5.92 Å². The van der Waals surface area contributed by atoms with Crippen molar-refractivity contribution in [1.82, 2.24) is 4.90 Å². The predicted molar refractivity (Wildman–Crippen MR) is 129 cm³/mol. The van der Waals surface area contributed by atoms with Gasteiger partial charge in [0.1, 0.15) is 17.6 Å². The van der Waals surface area contributed by atoms with Crippen LogP contribution < -0.4 is 10.1 Å². The lowest BCUT2D eigenvalue weighted by molar-refractivity contribution is -0.125. The van der Waals surface area contributed by atoms with Gasteiger partial charge >= 0.3 is 0 Å². The molecule has 2 heterocycles. The number of amides is 2. The zero-order valence-electron chi connectivity index (χ0n) is 18.5. The fourth-order valence-electron chi connectivity index (χ4n) is 3.63. The maximum atomic E-state index is 13.2. The number of benzene rings is 2. The molecule has 2 aromatic carbocycles. The summed E-state index contributed by atoms with van der Waals surface area (Å²) in [5.74, 6) is 1.17. The highest BCUT2D eigenvalue weighted by molar-refractivity contribution is 8.15. The van der Waals surface area contributed by atoms with Gasteiger partial charge in [0.05, 0.1) is 18.0 Å². The van der Waals surface area contributed by atoms with Crippen LogP contribution in [0.2, 0.25) is 0 Å². The second kappa shape index (κ2) is 9.16. The number of anilines is 1. The van der Waals surface area contributed by atoms with Crippen LogP contribution in [0.25, 0.3) is 0 Å². The summed E-state index contributed by atoms with van der Waals surface area (Å²) in [6.07, 6.45) is 0.579. The first-order chi connectivity index (χ1) is 15.4. The van der Waals surface area contributed by atoms with E-state index in [-0.39, 0.29) is 17.7 Å². The summed E-state index contributed by atoms with van der Waals surface area (Å²) in [7, 11) is 1.60. The average Bonchev–Trinajstić information content (AvgIpc) is 3.16. The number of aliphatic imine (C=N–C) groups is 2. The molecule has 0 spiro atoms. The number of ether oxygens (including phenoxy) is 1. The summed E-state index contributed by atoms with van der Waals surface area (Å²) in [6, 6.07) is 14.4. The topological polar surface area (TPSA) is 83.4 Å². The van der Waals surface area contributed by atoms with E-state index in [0.29, 0.717) is 23.1 Å². The molecule has 2 aliphatic heterocycles. The van der Waals surface area contributed by atoms with E-state index in [2.05, 4.69) is 5.32 Å². The normalized spacial score (nSPS) is 18.0. The number of fused-ring (bicyclic) bond motifs is 3. The number of amidine groups is 2. The molecule has 8 heteroatoms. The Bertz CT molecular complexity index is 1090. The Morgan fingerprint density at radius 3 is 2.56 bits per heavy atom. The Kier molecular flexibility index (Phi) is 6.32. The van der Waals surface area contributed by atoms with Crippen LogP contribution in [0.3, 0.4) is 0 Å². The van der Waals surface area contributed by atoms with Crippen LogP contribution in [-0.4, -0.2) is 46.1 Å². The van der Waals surface area contributed by atoms with E-state index in [4.69, 9.17) is 14.7 Å². The van der Waals surface area contributed by atoms with Crippen LogP contribution in [0.5, 0.6) is 5.75 Å². The van der Waals surface area contributed by atoms with Crippen molar-refractivity contribution in [2.45, 2.75) is 38.5 Å². The summed E-state index contributed by atoms with van der Waals surface area (Å²) in [5, 5.41) is 3.02. The third kappa shape index (κ3) is 4.14. The minimum atomic E-state index is -0.449. The molecule has 0 radical (unpaired) electrons. The van der Waals surface area contributed by atoms with Gasteiger partial charge in [0.2, 0.25) is 5.91 Å². The largest absolute Gasteiger partial charge is 0.497 e. The van der Waals surface area contributed by atoms with Crippen LogP contribution in [-0.2, 0) is 9.59 Å². The van der Waals surface area contributed by atoms with Gasteiger partial charge in [-0.2, -0.15) is 0 Å². The van der Waals surface area contributed by atoms with Gasteiger partial charge in [0.15, 0.2) is 5.17 Å². The van der Waals surface area contributed by atoms with Crippen molar-refractivity contribution in [3.05, 3.63) is 54.1 Å². The van der Waals surface area contributed by atoms with Crippen LogP contribution in [0.1, 0.15) is 32.8 Å². The van der Waals surface area contributed by atoms with Crippen molar-refractivity contribution < 1.29 is 14.3 Å². The first-order valence-corrected chi connectivity index (χ1v) is 11.5. The van der Waals surface area contributed by atoms with Gasteiger partial charge in [-0.1, -0.05) is 44.7 Å². The van der Waals surface area contributed by atoms with Crippen LogP contribution in [0.4, 0.5) is 11.4 Å². The predicted octanol–water partition coefficient (Wildman–Crippen LogP) is 4.46. The molecule has 0 fully saturated rings. The fourth-order valence-corrected chi connectivity index (χ4v) is 4.65. The van der Waals surface area contributed by atoms with E-state index in [1.165, 1.54) is 11.8 Å². The number of carbonyl (C=O) groups is 2. The van der Waals surface area contributed by atoms with Crippen molar-refractivity contribution in [3.63, 3.8) is 0 Å². The molecule has 1 N–H and O–H groups in total. The molecule has 0 aromatic heterocycles. The molecular weight excluding hydrogens is 424 g/mol. The maximum absolute atomic E-state index is 13.2.